The maximum absolute atomic E-state index is 13.4. The van der Waals surface area contributed by atoms with E-state index in [1.807, 2.05) is 30.3 Å². The van der Waals surface area contributed by atoms with Gasteiger partial charge in [-0.2, -0.15) is 0 Å². The van der Waals surface area contributed by atoms with Gasteiger partial charge in [0, 0.05) is 0 Å². The van der Waals surface area contributed by atoms with Crippen LogP contribution in [-0.4, -0.2) is 6.09 Å². The number of halogens is 2. The maximum atomic E-state index is 13.4. The van der Waals surface area contributed by atoms with Gasteiger partial charge in [0.15, 0.2) is 11.6 Å². The molecule has 2 rings (SSSR count). The highest BCUT2D eigenvalue weighted by Gasteiger charge is 2.18. The number of carbonyl (C=O) groups excluding carboxylic acids is 1. The minimum absolute atomic E-state index is 0.118. The number of hydrogen-bond acceptors (Lipinski definition) is 2. The molecule has 23 heavy (non-hydrogen) atoms. The zero-order chi connectivity index (χ0) is 16.8. The van der Waals surface area contributed by atoms with E-state index < -0.39 is 23.8 Å². The summed E-state index contributed by atoms with van der Waals surface area (Å²) in [5.74, 6) is -1.92. The van der Waals surface area contributed by atoms with E-state index in [1.165, 1.54) is 6.07 Å². The first-order chi connectivity index (χ1) is 11.0. The molecule has 1 amide bonds. The van der Waals surface area contributed by atoms with Crippen LogP contribution < -0.4 is 5.32 Å². The lowest BCUT2D eigenvalue weighted by atomic mass is 10.0. The lowest BCUT2D eigenvalue weighted by Crippen LogP contribution is -2.29. The number of ether oxygens (including phenoxy) is 1. The van der Waals surface area contributed by atoms with Gasteiger partial charge >= 0.3 is 6.09 Å². The van der Waals surface area contributed by atoms with Crippen LogP contribution in [0.15, 0.2) is 60.7 Å². The van der Waals surface area contributed by atoms with Crippen LogP contribution in [0.2, 0.25) is 0 Å². The van der Waals surface area contributed by atoms with Gasteiger partial charge in [0.25, 0.3) is 0 Å². The summed E-state index contributed by atoms with van der Waals surface area (Å²) in [6.45, 7) is 5.57. The molecule has 0 aliphatic carbocycles. The third kappa shape index (κ3) is 4.64. The third-order valence-corrected chi connectivity index (χ3v) is 3.24. The molecule has 0 saturated carbocycles. The smallest absolute Gasteiger partial charge is 0.408 e. The normalized spacial score (nSPS) is 11.6. The van der Waals surface area contributed by atoms with Crippen molar-refractivity contribution in [3.8, 4) is 0 Å². The minimum Gasteiger partial charge on any atom is -0.445 e. The molecule has 0 fully saturated rings. The quantitative estimate of drug-likeness (QED) is 0.824. The number of nitrogens with one attached hydrogen (secondary N) is 1. The first-order valence-electron chi connectivity index (χ1n) is 7.05. The van der Waals surface area contributed by atoms with Crippen LogP contribution in [-0.2, 0) is 11.3 Å². The molecule has 120 valence electrons. The van der Waals surface area contributed by atoms with E-state index in [9.17, 15) is 13.6 Å². The molecular formula is C18H17F2NO2. The van der Waals surface area contributed by atoms with E-state index >= 15 is 0 Å². The van der Waals surface area contributed by atoms with Crippen molar-refractivity contribution in [1.82, 2.24) is 5.32 Å². The van der Waals surface area contributed by atoms with Crippen LogP contribution in [0, 0.1) is 11.6 Å². The predicted octanol–water partition coefficient (Wildman–Crippen LogP) is 4.51. The fraction of sp³-hybridized carbons (Fsp3) is 0.167. The van der Waals surface area contributed by atoms with E-state index in [1.54, 1.807) is 6.92 Å². The summed E-state index contributed by atoms with van der Waals surface area (Å²) in [5, 5.41) is 2.60. The molecule has 0 aromatic heterocycles. The number of rotatable bonds is 5. The van der Waals surface area contributed by atoms with Crippen LogP contribution in [0.3, 0.4) is 0 Å². The van der Waals surface area contributed by atoms with Gasteiger partial charge in [0.1, 0.15) is 6.61 Å². The van der Waals surface area contributed by atoms with Crippen molar-refractivity contribution in [1.29, 1.82) is 0 Å². The summed E-state index contributed by atoms with van der Waals surface area (Å²) < 4.78 is 31.5. The molecule has 2 aromatic rings. The van der Waals surface area contributed by atoms with E-state index in [4.69, 9.17) is 4.74 Å². The molecule has 0 spiro atoms. The summed E-state index contributed by atoms with van der Waals surface area (Å²) >= 11 is 0. The summed E-state index contributed by atoms with van der Waals surface area (Å²) in [7, 11) is 0. The molecule has 5 heteroatoms. The summed E-state index contributed by atoms with van der Waals surface area (Å²) in [6, 6.07) is 12.0. The van der Waals surface area contributed by atoms with Gasteiger partial charge in [-0.3, -0.25) is 0 Å². The second-order valence-electron chi connectivity index (χ2n) is 5.16. The lowest BCUT2D eigenvalue weighted by molar-refractivity contribution is 0.137. The number of carbonyl (C=O) groups is 1. The summed E-state index contributed by atoms with van der Waals surface area (Å²) in [6.07, 6.45) is -0.661. The Morgan fingerprint density at radius 3 is 2.48 bits per heavy atom. The molecule has 2 aromatic carbocycles. The summed E-state index contributed by atoms with van der Waals surface area (Å²) in [4.78, 5) is 11.9. The zero-order valence-electron chi connectivity index (χ0n) is 12.7. The first-order valence-corrected chi connectivity index (χ1v) is 7.05. The summed E-state index contributed by atoms with van der Waals surface area (Å²) in [5.41, 5.74) is 1.82. The number of hydrogen-bond donors (Lipinski definition) is 1. The van der Waals surface area contributed by atoms with Gasteiger partial charge < -0.3 is 10.1 Å². The number of benzene rings is 2. The third-order valence-electron chi connectivity index (χ3n) is 3.24. The van der Waals surface area contributed by atoms with E-state index in [0.29, 0.717) is 11.1 Å². The van der Waals surface area contributed by atoms with Crippen molar-refractivity contribution in [2.24, 2.45) is 0 Å². The van der Waals surface area contributed by atoms with Crippen molar-refractivity contribution in [2.75, 3.05) is 0 Å². The molecular weight excluding hydrogens is 300 g/mol. The van der Waals surface area contributed by atoms with E-state index in [-0.39, 0.29) is 6.61 Å². The Labute approximate surface area is 133 Å². The Hall–Kier alpha value is -2.69. The van der Waals surface area contributed by atoms with Crippen LogP contribution >= 0.6 is 0 Å². The molecule has 0 aliphatic rings. The van der Waals surface area contributed by atoms with Crippen LogP contribution in [0.1, 0.15) is 24.1 Å². The van der Waals surface area contributed by atoms with Gasteiger partial charge in [-0.25, -0.2) is 13.6 Å². The van der Waals surface area contributed by atoms with Crippen molar-refractivity contribution in [3.05, 3.63) is 83.4 Å². The van der Waals surface area contributed by atoms with E-state index in [2.05, 4.69) is 11.9 Å². The molecule has 0 radical (unpaired) electrons. The Morgan fingerprint density at radius 1 is 1.17 bits per heavy atom. The highest BCUT2D eigenvalue weighted by molar-refractivity contribution is 5.68. The fourth-order valence-corrected chi connectivity index (χ4v) is 2.07. The molecule has 3 nitrogen and oxygen atoms in total. The van der Waals surface area contributed by atoms with Crippen LogP contribution in [0.4, 0.5) is 13.6 Å². The average molecular weight is 317 g/mol. The van der Waals surface area contributed by atoms with Crippen molar-refractivity contribution in [2.45, 2.75) is 19.6 Å². The van der Waals surface area contributed by atoms with Gasteiger partial charge in [-0.15, -0.1) is 0 Å². The largest absolute Gasteiger partial charge is 0.445 e. The van der Waals surface area contributed by atoms with Gasteiger partial charge in [0.2, 0.25) is 0 Å². The minimum atomic E-state index is -0.979. The van der Waals surface area contributed by atoms with Crippen LogP contribution in [0.25, 0.3) is 0 Å². The second-order valence-corrected chi connectivity index (χ2v) is 5.16. The molecule has 0 heterocycles. The van der Waals surface area contributed by atoms with Crippen LogP contribution in [0.5, 0.6) is 0 Å². The SMILES string of the molecule is C=C(C)C(NC(=O)OCc1ccccc1)c1ccc(F)c(F)c1. The Balaban J connectivity index is 2.02. The predicted molar refractivity (Wildman–Crippen MR) is 83.7 cm³/mol. The van der Waals surface area contributed by atoms with Gasteiger partial charge in [0.05, 0.1) is 6.04 Å². The zero-order valence-corrected chi connectivity index (χ0v) is 12.7. The topological polar surface area (TPSA) is 38.3 Å². The molecule has 0 aliphatic heterocycles. The molecule has 1 atom stereocenters. The van der Waals surface area contributed by atoms with Crippen molar-refractivity contribution >= 4 is 6.09 Å². The monoisotopic (exact) mass is 317 g/mol. The highest BCUT2D eigenvalue weighted by atomic mass is 19.2. The van der Waals surface area contributed by atoms with Crippen molar-refractivity contribution in [3.63, 3.8) is 0 Å². The van der Waals surface area contributed by atoms with E-state index in [0.717, 1.165) is 17.7 Å². The Bertz CT molecular complexity index is 701. The standard InChI is InChI=1S/C18H17F2NO2/c1-12(2)17(14-8-9-15(19)16(20)10-14)21-18(22)23-11-13-6-4-3-5-7-13/h3-10,17H,1,11H2,2H3,(H,21,22). The number of alkyl carbamates (subject to hydrolysis) is 1. The number of amides is 1. The first kappa shape index (κ1) is 16.7. The highest BCUT2D eigenvalue weighted by Crippen LogP contribution is 2.22. The van der Waals surface area contributed by atoms with Crippen molar-refractivity contribution < 1.29 is 18.3 Å². The average Bonchev–Trinajstić information content (AvgIpc) is 2.54. The second kappa shape index (κ2) is 7.54. The van der Waals surface area contributed by atoms with Gasteiger partial charge in [-0.05, 0) is 30.2 Å². The van der Waals surface area contributed by atoms with Gasteiger partial charge in [-0.1, -0.05) is 48.6 Å². The molecule has 1 unspecified atom stereocenters. The molecule has 1 N–H and O–H groups in total. The Morgan fingerprint density at radius 2 is 1.87 bits per heavy atom. The Kier molecular flexibility index (Phi) is 5.46. The fourth-order valence-electron chi connectivity index (χ4n) is 2.07. The maximum Gasteiger partial charge on any atom is 0.408 e. The lowest BCUT2D eigenvalue weighted by Gasteiger charge is -2.19. The molecule has 0 bridgehead atoms. The molecule has 0 saturated heterocycles.